The van der Waals surface area contributed by atoms with Crippen molar-refractivity contribution in [1.82, 2.24) is 5.32 Å². The Morgan fingerprint density at radius 1 is 1.11 bits per heavy atom. The molecule has 0 heterocycles. The molecule has 0 fully saturated rings. The van der Waals surface area contributed by atoms with Crippen LogP contribution in [0.3, 0.4) is 0 Å². The molecule has 0 aliphatic carbocycles. The van der Waals surface area contributed by atoms with Crippen LogP contribution in [0.4, 0.5) is 0 Å². The van der Waals surface area contributed by atoms with Gasteiger partial charge in [0, 0.05) is 20.0 Å². The molecule has 0 spiro atoms. The molecule has 19 heavy (non-hydrogen) atoms. The maximum Gasteiger partial charge on any atom is 0.302 e. The van der Waals surface area contributed by atoms with Crippen molar-refractivity contribution in [1.29, 1.82) is 0 Å². The molecule has 0 aliphatic rings. The number of benzene rings is 1. The van der Waals surface area contributed by atoms with Gasteiger partial charge in [-0.05, 0) is 17.5 Å². The topological polar surface area (TPSA) is 47.6 Å². The number of carbonyl (C=O) groups excluding carboxylic acids is 1. The lowest BCUT2D eigenvalue weighted by atomic mass is 10.1. The monoisotopic (exact) mass is 265 g/mol. The molecule has 4 heteroatoms. The Balaban J connectivity index is 1.99. The van der Waals surface area contributed by atoms with Crippen molar-refractivity contribution in [2.24, 2.45) is 0 Å². The molecule has 1 aromatic rings. The van der Waals surface area contributed by atoms with E-state index in [0.29, 0.717) is 19.8 Å². The van der Waals surface area contributed by atoms with Crippen LogP contribution < -0.4 is 5.32 Å². The average molecular weight is 265 g/mol. The van der Waals surface area contributed by atoms with Crippen LogP contribution in [0.15, 0.2) is 24.3 Å². The third-order valence-electron chi connectivity index (χ3n) is 2.72. The van der Waals surface area contributed by atoms with Crippen molar-refractivity contribution < 1.29 is 14.3 Å². The molecule has 0 aromatic heterocycles. The molecule has 4 nitrogen and oxygen atoms in total. The standard InChI is InChI=1S/C15H23NO3/c1-3-14-4-6-15(7-5-14)12-16-8-9-18-10-11-19-13(2)17/h4-7,16H,3,8-12H2,1-2H3. The van der Waals surface area contributed by atoms with Gasteiger partial charge in [0.2, 0.25) is 0 Å². The van der Waals surface area contributed by atoms with E-state index >= 15 is 0 Å². The Labute approximate surface area is 115 Å². The van der Waals surface area contributed by atoms with Crippen molar-refractivity contribution >= 4 is 5.97 Å². The molecule has 0 amide bonds. The zero-order chi connectivity index (χ0) is 13.9. The third kappa shape index (κ3) is 7.59. The predicted octanol–water partition coefficient (Wildman–Crippen LogP) is 1.92. The molecular weight excluding hydrogens is 242 g/mol. The minimum atomic E-state index is -0.266. The summed E-state index contributed by atoms with van der Waals surface area (Å²) in [6, 6.07) is 8.61. The van der Waals surface area contributed by atoms with E-state index < -0.39 is 0 Å². The lowest BCUT2D eigenvalue weighted by molar-refractivity contribution is -0.142. The van der Waals surface area contributed by atoms with Crippen molar-refractivity contribution in [3.63, 3.8) is 0 Å². The molecule has 106 valence electrons. The van der Waals surface area contributed by atoms with Crippen LogP contribution in [-0.2, 0) is 27.2 Å². The molecule has 0 saturated heterocycles. The molecule has 0 bridgehead atoms. The zero-order valence-electron chi connectivity index (χ0n) is 11.8. The minimum Gasteiger partial charge on any atom is -0.463 e. The summed E-state index contributed by atoms with van der Waals surface area (Å²) >= 11 is 0. The molecule has 0 unspecified atom stereocenters. The molecule has 0 aliphatic heterocycles. The SMILES string of the molecule is CCc1ccc(CNCCOCCOC(C)=O)cc1. The van der Waals surface area contributed by atoms with Crippen LogP contribution in [0, 0.1) is 0 Å². The average Bonchev–Trinajstić information content (AvgIpc) is 2.42. The normalized spacial score (nSPS) is 10.4. The van der Waals surface area contributed by atoms with Gasteiger partial charge < -0.3 is 14.8 Å². The molecule has 1 aromatic carbocycles. The van der Waals surface area contributed by atoms with Crippen LogP contribution in [-0.4, -0.2) is 32.3 Å². The van der Waals surface area contributed by atoms with E-state index in [1.165, 1.54) is 18.1 Å². The first-order valence-electron chi connectivity index (χ1n) is 6.72. The van der Waals surface area contributed by atoms with Gasteiger partial charge in [-0.3, -0.25) is 4.79 Å². The van der Waals surface area contributed by atoms with Crippen LogP contribution in [0.5, 0.6) is 0 Å². The Hall–Kier alpha value is -1.39. The largest absolute Gasteiger partial charge is 0.463 e. The lowest BCUT2D eigenvalue weighted by Gasteiger charge is -2.07. The first-order valence-corrected chi connectivity index (χ1v) is 6.72. The van der Waals surface area contributed by atoms with Crippen molar-refractivity contribution in [2.45, 2.75) is 26.8 Å². The van der Waals surface area contributed by atoms with E-state index in [0.717, 1.165) is 19.5 Å². The fraction of sp³-hybridized carbons (Fsp3) is 0.533. The predicted molar refractivity (Wildman–Crippen MR) is 75.0 cm³/mol. The number of aryl methyl sites for hydroxylation is 1. The summed E-state index contributed by atoms with van der Waals surface area (Å²) in [5.74, 6) is -0.266. The second kappa shape index (κ2) is 9.53. The highest BCUT2D eigenvalue weighted by Crippen LogP contribution is 2.04. The number of hydrogen-bond acceptors (Lipinski definition) is 4. The maximum absolute atomic E-state index is 10.5. The summed E-state index contributed by atoms with van der Waals surface area (Å²) in [6.07, 6.45) is 1.07. The summed E-state index contributed by atoms with van der Waals surface area (Å²) in [4.78, 5) is 10.5. The van der Waals surface area contributed by atoms with Crippen molar-refractivity contribution in [3.05, 3.63) is 35.4 Å². The van der Waals surface area contributed by atoms with Crippen LogP contribution in [0.1, 0.15) is 25.0 Å². The summed E-state index contributed by atoms with van der Waals surface area (Å²) in [5, 5.41) is 3.31. The molecule has 0 saturated carbocycles. The Morgan fingerprint density at radius 2 is 1.79 bits per heavy atom. The van der Waals surface area contributed by atoms with Gasteiger partial charge in [-0.15, -0.1) is 0 Å². The number of ether oxygens (including phenoxy) is 2. The first-order chi connectivity index (χ1) is 9.22. The number of hydrogen-bond donors (Lipinski definition) is 1. The van der Waals surface area contributed by atoms with E-state index in [1.54, 1.807) is 0 Å². The number of rotatable bonds is 9. The van der Waals surface area contributed by atoms with Gasteiger partial charge in [-0.25, -0.2) is 0 Å². The molecule has 0 atom stereocenters. The van der Waals surface area contributed by atoms with Gasteiger partial charge in [0.15, 0.2) is 0 Å². The van der Waals surface area contributed by atoms with Gasteiger partial charge in [0.1, 0.15) is 6.61 Å². The van der Waals surface area contributed by atoms with Crippen molar-refractivity contribution in [3.8, 4) is 0 Å². The number of esters is 1. The molecule has 1 rings (SSSR count). The van der Waals surface area contributed by atoms with E-state index in [-0.39, 0.29) is 5.97 Å². The fourth-order valence-electron chi connectivity index (χ4n) is 1.62. The second-order valence-corrected chi connectivity index (χ2v) is 4.30. The highest BCUT2D eigenvalue weighted by Gasteiger charge is 1.95. The Bertz CT molecular complexity index is 362. The van der Waals surface area contributed by atoms with Gasteiger partial charge in [-0.2, -0.15) is 0 Å². The smallest absolute Gasteiger partial charge is 0.302 e. The zero-order valence-corrected chi connectivity index (χ0v) is 11.8. The van der Waals surface area contributed by atoms with E-state index in [1.807, 2.05) is 0 Å². The summed E-state index contributed by atoms with van der Waals surface area (Å²) < 4.78 is 10.1. The van der Waals surface area contributed by atoms with Gasteiger partial charge in [0.25, 0.3) is 0 Å². The first kappa shape index (κ1) is 15.7. The van der Waals surface area contributed by atoms with Gasteiger partial charge >= 0.3 is 5.97 Å². The number of carbonyl (C=O) groups is 1. The summed E-state index contributed by atoms with van der Waals surface area (Å²) in [6.45, 7) is 6.58. The molecule has 0 radical (unpaired) electrons. The van der Waals surface area contributed by atoms with E-state index in [9.17, 15) is 4.79 Å². The summed E-state index contributed by atoms with van der Waals surface area (Å²) in [5.41, 5.74) is 2.63. The van der Waals surface area contributed by atoms with E-state index in [2.05, 4.69) is 36.5 Å². The fourth-order valence-corrected chi connectivity index (χ4v) is 1.62. The van der Waals surface area contributed by atoms with Crippen molar-refractivity contribution in [2.75, 3.05) is 26.4 Å². The van der Waals surface area contributed by atoms with E-state index in [4.69, 9.17) is 9.47 Å². The van der Waals surface area contributed by atoms with Gasteiger partial charge in [0.05, 0.1) is 13.2 Å². The third-order valence-corrected chi connectivity index (χ3v) is 2.72. The maximum atomic E-state index is 10.5. The van der Waals surface area contributed by atoms with Crippen LogP contribution in [0.25, 0.3) is 0 Å². The Morgan fingerprint density at radius 3 is 2.42 bits per heavy atom. The quantitative estimate of drug-likeness (QED) is 0.547. The minimum absolute atomic E-state index is 0.266. The highest BCUT2D eigenvalue weighted by atomic mass is 16.6. The number of nitrogens with one attached hydrogen (secondary N) is 1. The Kier molecular flexibility index (Phi) is 7.86. The second-order valence-electron chi connectivity index (χ2n) is 4.30. The van der Waals surface area contributed by atoms with Crippen LogP contribution >= 0.6 is 0 Å². The lowest BCUT2D eigenvalue weighted by Crippen LogP contribution is -2.20. The highest BCUT2D eigenvalue weighted by molar-refractivity contribution is 5.65. The van der Waals surface area contributed by atoms with Crippen LogP contribution in [0.2, 0.25) is 0 Å². The summed E-state index contributed by atoms with van der Waals surface area (Å²) in [7, 11) is 0. The van der Waals surface area contributed by atoms with Gasteiger partial charge in [-0.1, -0.05) is 31.2 Å². The molecule has 1 N–H and O–H groups in total. The molecular formula is C15H23NO3.